The number of likely N-dealkylation sites (tertiary alicyclic amines) is 1. The van der Waals surface area contributed by atoms with Gasteiger partial charge in [0.2, 0.25) is 11.9 Å². The van der Waals surface area contributed by atoms with E-state index in [1.807, 2.05) is 0 Å². The van der Waals surface area contributed by atoms with E-state index in [9.17, 15) is 31.2 Å². The van der Waals surface area contributed by atoms with Crippen LogP contribution in [0.3, 0.4) is 0 Å². The van der Waals surface area contributed by atoms with Gasteiger partial charge in [0.25, 0.3) is 0 Å². The Bertz CT molecular complexity index is 1600. The second-order valence-corrected chi connectivity index (χ2v) is 12.3. The highest BCUT2D eigenvalue weighted by molar-refractivity contribution is 7.90. The Morgan fingerprint density at radius 1 is 1.14 bits per heavy atom. The highest BCUT2D eigenvalue weighted by Gasteiger charge is 2.34. The second-order valence-electron chi connectivity index (χ2n) is 10.3. The van der Waals surface area contributed by atoms with E-state index in [0.717, 1.165) is 6.26 Å². The van der Waals surface area contributed by atoms with Crippen LogP contribution in [-0.4, -0.2) is 89.5 Å². The van der Waals surface area contributed by atoms with Crippen molar-refractivity contribution in [2.75, 3.05) is 36.5 Å². The molecule has 1 aliphatic rings. The molecule has 4 rings (SSSR count). The number of pyridine rings is 1. The number of alkyl halides is 3. The van der Waals surface area contributed by atoms with Crippen molar-refractivity contribution in [2.45, 2.75) is 43.4 Å². The predicted octanol–water partition coefficient (Wildman–Crippen LogP) is 3.37. The number of amides is 2. The minimum absolute atomic E-state index is 0.0177. The third kappa shape index (κ3) is 7.54. The van der Waals surface area contributed by atoms with E-state index in [4.69, 9.17) is 5.11 Å². The number of nitrogens with zero attached hydrogens (tertiary/aromatic N) is 4. The van der Waals surface area contributed by atoms with E-state index in [1.54, 1.807) is 38.1 Å². The molecule has 1 aliphatic heterocycles. The first-order valence-electron chi connectivity index (χ1n) is 13.0. The lowest BCUT2D eigenvalue weighted by molar-refractivity contribution is -0.133. The maximum Gasteiger partial charge on any atom is 0.405 e. The van der Waals surface area contributed by atoms with Gasteiger partial charge in [-0.3, -0.25) is 4.79 Å². The third-order valence-electron chi connectivity index (χ3n) is 6.60. The van der Waals surface area contributed by atoms with Gasteiger partial charge in [0.05, 0.1) is 16.1 Å². The maximum absolute atomic E-state index is 13.1. The number of benzene rings is 1. The van der Waals surface area contributed by atoms with Crippen molar-refractivity contribution in [3.63, 3.8) is 0 Å². The molecule has 1 fully saturated rings. The number of carboxylic acid groups (broad SMARTS) is 1. The normalized spacial score (nSPS) is 16.5. The zero-order chi connectivity index (χ0) is 30.8. The third-order valence-corrected chi connectivity index (χ3v) is 7.71. The lowest BCUT2D eigenvalue weighted by atomic mass is 10.0. The van der Waals surface area contributed by atoms with Crippen LogP contribution in [-0.2, 0) is 14.6 Å². The van der Waals surface area contributed by atoms with E-state index < -0.39 is 34.7 Å². The molecule has 4 N–H and O–H groups in total. The van der Waals surface area contributed by atoms with Gasteiger partial charge >= 0.3 is 12.3 Å². The summed E-state index contributed by atoms with van der Waals surface area (Å²) in [4.78, 5) is 38.8. The van der Waals surface area contributed by atoms with Crippen molar-refractivity contribution < 1.29 is 36.3 Å². The van der Waals surface area contributed by atoms with E-state index in [2.05, 4.69) is 30.9 Å². The van der Waals surface area contributed by atoms with Gasteiger partial charge in [-0.15, -0.1) is 0 Å². The fraction of sp³-hybridized carbons (Fsp3) is 0.423. The van der Waals surface area contributed by atoms with Crippen molar-refractivity contribution >= 4 is 44.6 Å². The van der Waals surface area contributed by atoms with Gasteiger partial charge in [-0.25, -0.2) is 23.2 Å². The Morgan fingerprint density at radius 2 is 1.88 bits per heavy atom. The van der Waals surface area contributed by atoms with Crippen molar-refractivity contribution in [1.82, 2.24) is 25.2 Å². The number of aromatic nitrogens is 3. The van der Waals surface area contributed by atoms with Crippen LogP contribution in [0.4, 0.5) is 29.7 Å². The van der Waals surface area contributed by atoms with Gasteiger partial charge in [0, 0.05) is 31.0 Å². The van der Waals surface area contributed by atoms with Crippen LogP contribution in [0.5, 0.6) is 0 Å². The maximum atomic E-state index is 13.1. The molecule has 1 aromatic carbocycles. The van der Waals surface area contributed by atoms with Gasteiger partial charge in [0.1, 0.15) is 18.1 Å². The van der Waals surface area contributed by atoms with Gasteiger partial charge < -0.3 is 26.0 Å². The number of hydrogen-bond acceptors (Lipinski definition) is 9. The second kappa shape index (κ2) is 12.0. The molecule has 0 bridgehead atoms. The summed E-state index contributed by atoms with van der Waals surface area (Å²) in [6, 6.07) is 7.89. The minimum atomic E-state index is -4.55. The summed E-state index contributed by atoms with van der Waals surface area (Å²) in [5.41, 5.74) is 1.04. The number of sulfone groups is 1. The molecule has 0 radical (unpaired) electrons. The zero-order valence-corrected chi connectivity index (χ0v) is 23.8. The average Bonchev–Trinajstić information content (AvgIpc) is 3.37. The summed E-state index contributed by atoms with van der Waals surface area (Å²) in [6.45, 7) is 2.62. The van der Waals surface area contributed by atoms with Crippen LogP contribution in [0.2, 0.25) is 0 Å². The van der Waals surface area contributed by atoms with Crippen LogP contribution in [0, 0.1) is 5.92 Å². The fourth-order valence-corrected chi connectivity index (χ4v) is 5.20. The quantitative estimate of drug-likeness (QED) is 0.282. The number of hydrogen-bond donors (Lipinski definition) is 4. The Balaban J connectivity index is 1.61. The first kappa shape index (κ1) is 30.7. The molecular weight excluding hydrogens is 579 g/mol. The van der Waals surface area contributed by atoms with Gasteiger partial charge in [-0.2, -0.15) is 18.2 Å². The molecule has 42 heavy (non-hydrogen) atoms. The monoisotopic (exact) mass is 609 g/mol. The highest BCUT2D eigenvalue weighted by Crippen LogP contribution is 2.28. The number of fused-ring (bicyclic) bond motifs is 1. The largest absolute Gasteiger partial charge is 0.465 e. The summed E-state index contributed by atoms with van der Waals surface area (Å²) in [7, 11) is -3.50. The standard InChI is InChI=1S/C26H30F3N7O5S/c1-14(2)20(34-25(38)39)23(37)36-10-9-16(12-36)31-24-33-19-8-7-18(15-5-4-6-17(11-15)42(3,40)41)32-21(19)22(35-24)30-13-26(27,28)29/h4-8,11,14,16,20,34H,9-10,12-13H2,1-3H3,(H,38,39)(H2,30,31,33,35)/t16-,20+/m0/s1. The molecule has 3 heterocycles. The van der Waals surface area contributed by atoms with Crippen LogP contribution >= 0.6 is 0 Å². The van der Waals surface area contributed by atoms with E-state index in [0.29, 0.717) is 24.2 Å². The molecule has 16 heteroatoms. The molecule has 1 saturated heterocycles. The summed E-state index contributed by atoms with van der Waals surface area (Å²) < 4.78 is 63.3. The van der Waals surface area contributed by atoms with Gasteiger partial charge in [0.15, 0.2) is 15.7 Å². The molecule has 0 spiro atoms. The zero-order valence-electron chi connectivity index (χ0n) is 22.9. The number of halogens is 3. The van der Waals surface area contributed by atoms with Gasteiger partial charge in [-0.1, -0.05) is 26.0 Å². The number of anilines is 2. The SMILES string of the molecule is CC(C)[C@@H](NC(=O)O)C(=O)N1CC[C@H](Nc2nc(NCC(F)(F)F)c3nc(-c4cccc(S(C)(=O)=O)c4)ccc3n2)C1. The van der Waals surface area contributed by atoms with E-state index in [-0.39, 0.29) is 52.1 Å². The number of nitrogens with one attached hydrogen (secondary N) is 3. The molecule has 3 aromatic rings. The Morgan fingerprint density at radius 3 is 2.52 bits per heavy atom. The van der Waals surface area contributed by atoms with Crippen LogP contribution in [0.25, 0.3) is 22.3 Å². The lowest BCUT2D eigenvalue weighted by Gasteiger charge is -2.26. The van der Waals surface area contributed by atoms with E-state index >= 15 is 0 Å². The van der Waals surface area contributed by atoms with E-state index in [1.165, 1.54) is 17.0 Å². The summed E-state index contributed by atoms with van der Waals surface area (Å²) in [6.07, 6.45) is -4.31. The molecule has 0 aliphatic carbocycles. The Labute approximate surface area is 239 Å². The van der Waals surface area contributed by atoms with Crippen molar-refractivity contribution in [1.29, 1.82) is 0 Å². The van der Waals surface area contributed by atoms with Crippen molar-refractivity contribution in [2.24, 2.45) is 5.92 Å². The first-order chi connectivity index (χ1) is 19.6. The van der Waals surface area contributed by atoms with Gasteiger partial charge in [-0.05, 0) is 36.6 Å². The Kier molecular flexibility index (Phi) is 8.75. The lowest BCUT2D eigenvalue weighted by Crippen LogP contribution is -2.50. The molecule has 0 saturated carbocycles. The fourth-order valence-electron chi connectivity index (χ4n) is 4.54. The van der Waals surface area contributed by atoms with Crippen molar-refractivity contribution in [3.8, 4) is 11.3 Å². The molecule has 12 nitrogen and oxygen atoms in total. The molecule has 226 valence electrons. The van der Waals surface area contributed by atoms with Crippen LogP contribution in [0.15, 0.2) is 41.3 Å². The van der Waals surface area contributed by atoms with Crippen LogP contribution in [0.1, 0.15) is 20.3 Å². The van der Waals surface area contributed by atoms with Crippen molar-refractivity contribution in [3.05, 3.63) is 36.4 Å². The smallest absolute Gasteiger partial charge is 0.405 e. The molecule has 0 unspecified atom stereocenters. The topological polar surface area (TPSA) is 167 Å². The molecule has 2 aromatic heterocycles. The minimum Gasteiger partial charge on any atom is -0.465 e. The number of carbonyl (C=O) groups excluding carboxylic acids is 1. The molecular formula is C26H30F3N7O5S. The molecule has 2 atom stereocenters. The highest BCUT2D eigenvalue weighted by atomic mass is 32.2. The average molecular weight is 610 g/mol. The molecule has 2 amide bonds. The first-order valence-corrected chi connectivity index (χ1v) is 14.8. The Hall–Kier alpha value is -4.21. The summed E-state index contributed by atoms with van der Waals surface area (Å²) in [5.74, 6) is -0.820. The summed E-state index contributed by atoms with van der Waals surface area (Å²) >= 11 is 0. The number of rotatable bonds is 9. The number of carbonyl (C=O) groups is 2. The van der Waals surface area contributed by atoms with Crippen LogP contribution < -0.4 is 16.0 Å². The summed E-state index contributed by atoms with van der Waals surface area (Å²) in [5, 5.41) is 16.7. The predicted molar refractivity (Wildman–Crippen MR) is 149 cm³/mol.